The van der Waals surface area contributed by atoms with Gasteiger partial charge >= 0.3 is 0 Å². The van der Waals surface area contributed by atoms with E-state index in [2.05, 4.69) is 80.2 Å². The molecule has 0 fully saturated rings. The fraction of sp³-hybridized carbons (Fsp3) is 0.407. The number of benzene rings is 2. The van der Waals surface area contributed by atoms with Crippen LogP contribution in [0.4, 0.5) is 5.88 Å². The van der Waals surface area contributed by atoms with Crippen LogP contribution in [0.1, 0.15) is 63.4 Å². The second-order valence-corrected chi connectivity index (χ2v) is 9.57. The zero-order chi connectivity index (χ0) is 24.7. The third kappa shape index (κ3) is 6.53. The van der Waals surface area contributed by atoms with Crippen molar-refractivity contribution in [1.29, 1.82) is 5.26 Å². The molecule has 0 saturated heterocycles. The van der Waals surface area contributed by atoms with Gasteiger partial charge in [0.1, 0.15) is 11.8 Å². The molecule has 2 aromatic carbocycles. The molecule has 0 aliphatic heterocycles. The first-order valence-corrected chi connectivity index (χ1v) is 12.0. The number of aromatic nitrogens is 1. The Hall–Kier alpha value is -3.01. The summed E-state index contributed by atoms with van der Waals surface area (Å²) in [5, 5.41) is 13.5. The molecule has 0 aliphatic rings. The minimum Gasteiger partial charge on any atom is -0.484 e. The molecule has 180 valence electrons. The van der Waals surface area contributed by atoms with Crippen molar-refractivity contribution in [1.82, 2.24) is 9.88 Å². The van der Waals surface area contributed by atoms with Gasteiger partial charge in [0.25, 0.3) is 0 Å². The van der Waals surface area contributed by atoms with Gasteiger partial charge in [-0.15, -0.1) is 0 Å². The molecule has 3 aromatic rings. The number of rotatable bonds is 10. The van der Waals surface area contributed by atoms with Crippen molar-refractivity contribution in [3.8, 4) is 11.8 Å². The first-order chi connectivity index (χ1) is 16.2. The average Bonchev–Trinajstić information content (AvgIpc) is 3.23. The Balaban J connectivity index is 1.74. The number of nitriles is 1. The van der Waals surface area contributed by atoms with Crippen molar-refractivity contribution < 1.29 is 9.15 Å². The van der Waals surface area contributed by atoms with Crippen LogP contribution in [0.2, 0.25) is 5.02 Å². The largest absolute Gasteiger partial charge is 0.484 e. The molecule has 34 heavy (non-hydrogen) atoms. The maximum absolute atomic E-state index is 9.56. The van der Waals surface area contributed by atoms with Crippen molar-refractivity contribution in [2.45, 2.75) is 52.7 Å². The van der Waals surface area contributed by atoms with Crippen LogP contribution in [0, 0.1) is 11.3 Å². The van der Waals surface area contributed by atoms with Gasteiger partial charge in [-0.3, -0.25) is 4.90 Å². The van der Waals surface area contributed by atoms with Crippen molar-refractivity contribution in [2.75, 3.05) is 25.0 Å². The van der Waals surface area contributed by atoms with Gasteiger partial charge in [0.2, 0.25) is 17.5 Å². The number of halogens is 1. The molecule has 6 nitrogen and oxygen atoms in total. The standard InChI is InChI=1S/C27H33ClN4O2/c1-6-32(7-2)24(19-8-10-20(11-9-19)27(3,4)5)17-30-26-23(16-29)31-25(34-26)18-33-22-14-12-21(28)13-15-22/h8-15,24,30H,6-7,17-18H2,1-5H3. The molecule has 1 unspecified atom stereocenters. The molecule has 0 spiro atoms. The summed E-state index contributed by atoms with van der Waals surface area (Å²) >= 11 is 5.91. The molecule has 1 N–H and O–H groups in total. The van der Waals surface area contributed by atoms with Crippen LogP contribution >= 0.6 is 11.6 Å². The Kier molecular flexibility index (Phi) is 8.60. The summed E-state index contributed by atoms with van der Waals surface area (Å²) in [4.78, 5) is 6.66. The molecule has 7 heteroatoms. The fourth-order valence-electron chi connectivity index (χ4n) is 3.81. The highest BCUT2D eigenvalue weighted by molar-refractivity contribution is 6.30. The lowest BCUT2D eigenvalue weighted by atomic mass is 9.86. The van der Waals surface area contributed by atoms with Crippen LogP contribution in [0.3, 0.4) is 0 Å². The minimum absolute atomic E-state index is 0.105. The topological polar surface area (TPSA) is 74.3 Å². The third-order valence-electron chi connectivity index (χ3n) is 5.82. The molecular weight excluding hydrogens is 448 g/mol. The average molecular weight is 481 g/mol. The predicted molar refractivity (Wildman–Crippen MR) is 136 cm³/mol. The number of hydrogen-bond acceptors (Lipinski definition) is 6. The van der Waals surface area contributed by atoms with E-state index < -0.39 is 0 Å². The predicted octanol–water partition coefficient (Wildman–Crippen LogP) is 6.57. The van der Waals surface area contributed by atoms with Crippen molar-refractivity contribution in [3.05, 3.63) is 76.3 Å². The van der Waals surface area contributed by atoms with E-state index in [9.17, 15) is 5.26 Å². The first kappa shape index (κ1) is 25.6. The van der Waals surface area contributed by atoms with Crippen molar-refractivity contribution in [2.24, 2.45) is 0 Å². The summed E-state index contributed by atoms with van der Waals surface area (Å²) in [6, 6.07) is 18.1. The van der Waals surface area contributed by atoms with E-state index in [1.807, 2.05) is 0 Å². The summed E-state index contributed by atoms with van der Waals surface area (Å²) in [6.07, 6.45) is 0. The molecule has 1 atom stereocenters. The van der Waals surface area contributed by atoms with Gasteiger partial charge < -0.3 is 14.5 Å². The molecule has 0 saturated carbocycles. The van der Waals surface area contributed by atoms with E-state index in [1.54, 1.807) is 24.3 Å². The van der Waals surface area contributed by atoms with Gasteiger partial charge in [0, 0.05) is 11.6 Å². The van der Waals surface area contributed by atoms with E-state index in [4.69, 9.17) is 20.8 Å². The highest BCUT2D eigenvalue weighted by Gasteiger charge is 2.22. The Labute approximate surface area is 207 Å². The molecular formula is C27H33ClN4O2. The van der Waals surface area contributed by atoms with Crippen LogP contribution in [0.15, 0.2) is 52.9 Å². The van der Waals surface area contributed by atoms with E-state index in [0.717, 1.165) is 13.1 Å². The number of nitrogens with zero attached hydrogens (tertiary/aromatic N) is 3. The Bertz CT molecular complexity index is 1090. The molecule has 0 amide bonds. The van der Waals surface area contributed by atoms with Crippen LogP contribution < -0.4 is 10.1 Å². The molecule has 0 radical (unpaired) electrons. The molecule has 1 heterocycles. The number of hydrogen-bond donors (Lipinski definition) is 1. The number of ether oxygens (including phenoxy) is 1. The first-order valence-electron chi connectivity index (χ1n) is 11.6. The number of anilines is 1. The second kappa shape index (κ2) is 11.4. The SMILES string of the molecule is CCN(CC)C(CNc1oc(COc2ccc(Cl)cc2)nc1C#N)c1ccc(C(C)(C)C)cc1. The van der Waals surface area contributed by atoms with Crippen LogP contribution in [-0.2, 0) is 12.0 Å². The van der Waals surface area contributed by atoms with Gasteiger partial charge in [-0.1, -0.05) is 70.5 Å². The molecule has 3 rings (SSSR count). The smallest absolute Gasteiger partial charge is 0.236 e. The van der Waals surface area contributed by atoms with Gasteiger partial charge in [0.15, 0.2) is 6.61 Å². The summed E-state index contributed by atoms with van der Waals surface area (Å²) in [5.74, 6) is 1.35. The van der Waals surface area contributed by atoms with E-state index >= 15 is 0 Å². The zero-order valence-corrected chi connectivity index (χ0v) is 21.3. The zero-order valence-electron chi connectivity index (χ0n) is 20.6. The van der Waals surface area contributed by atoms with Gasteiger partial charge in [-0.2, -0.15) is 10.2 Å². The highest BCUT2D eigenvalue weighted by atomic mass is 35.5. The van der Waals surface area contributed by atoms with Crippen LogP contribution in [0.25, 0.3) is 0 Å². The normalized spacial score (nSPS) is 12.4. The summed E-state index contributed by atoms with van der Waals surface area (Å²) in [6.45, 7) is 13.5. The monoisotopic (exact) mass is 480 g/mol. The maximum atomic E-state index is 9.56. The summed E-state index contributed by atoms with van der Waals surface area (Å²) in [7, 11) is 0. The minimum atomic E-state index is 0.105. The van der Waals surface area contributed by atoms with Crippen molar-refractivity contribution >= 4 is 17.5 Å². The lowest BCUT2D eigenvalue weighted by Crippen LogP contribution is -2.33. The lowest BCUT2D eigenvalue weighted by molar-refractivity contribution is 0.226. The van der Waals surface area contributed by atoms with Crippen LogP contribution in [-0.4, -0.2) is 29.5 Å². The summed E-state index contributed by atoms with van der Waals surface area (Å²) in [5.41, 5.74) is 2.84. The quantitative estimate of drug-likeness (QED) is 0.353. The number of likely N-dealkylation sites (N-methyl/N-ethyl adjacent to an activating group) is 1. The van der Waals surface area contributed by atoms with E-state index in [1.165, 1.54) is 11.1 Å². The number of nitrogens with one attached hydrogen (secondary N) is 1. The molecule has 0 bridgehead atoms. The maximum Gasteiger partial charge on any atom is 0.236 e. The highest BCUT2D eigenvalue weighted by Crippen LogP contribution is 2.27. The Morgan fingerprint density at radius 2 is 1.74 bits per heavy atom. The Morgan fingerprint density at radius 3 is 2.29 bits per heavy atom. The van der Waals surface area contributed by atoms with E-state index in [-0.39, 0.29) is 23.8 Å². The third-order valence-corrected chi connectivity index (χ3v) is 6.08. The second-order valence-electron chi connectivity index (χ2n) is 9.13. The van der Waals surface area contributed by atoms with Gasteiger partial charge in [-0.25, -0.2) is 0 Å². The molecule has 0 aliphatic carbocycles. The number of oxazole rings is 1. The summed E-state index contributed by atoms with van der Waals surface area (Å²) < 4.78 is 11.5. The Morgan fingerprint density at radius 1 is 1.09 bits per heavy atom. The lowest BCUT2D eigenvalue weighted by Gasteiger charge is -2.31. The van der Waals surface area contributed by atoms with Gasteiger partial charge in [-0.05, 0) is 53.9 Å². The van der Waals surface area contributed by atoms with Crippen molar-refractivity contribution in [3.63, 3.8) is 0 Å². The molecule has 1 aromatic heterocycles. The van der Waals surface area contributed by atoms with Gasteiger partial charge in [0.05, 0.1) is 6.04 Å². The fourth-order valence-corrected chi connectivity index (χ4v) is 3.94. The van der Waals surface area contributed by atoms with Crippen LogP contribution in [0.5, 0.6) is 5.75 Å². The van der Waals surface area contributed by atoms with E-state index in [0.29, 0.717) is 29.1 Å².